The number of rotatable bonds is 4. The molecule has 116 valence electrons. The van der Waals surface area contributed by atoms with Crippen LogP contribution in [0.15, 0.2) is 18.2 Å². The lowest BCUT2D eigenvalue weighted by atomic mass is 10.0. The monoisotopic (exact) mass is 307 g/mol. The second-order valence-corrected chi connectivity index (χ2v) is 6.96. The lowest BCUT2D eigenvalue weighted by Gasteiger charge is -2.26. The van der Waals surface area contributed by atoms with Crippen LogP contribution in [0.5, 0.6) is 0 Å². The lowest BCUT2D eigenvalue weighted by Crippen LogP contribution is -2.35. The van der Waals surface area contributed by atoms with Crippen molar-refractivity contribution in [2.45, 2.75) is 44.7 Å². The number of anilines is 1. The molecule has 2 atom stereocenters. The molecule has 2 aliphatic rings. The molecule has 0 aliphatic carbocycles. The molecule has 2 fully saturated rings. The first-order valence-electron chi connectivity index (χ1n) is 8.17. The molecule has 0 aromatic heterocycles. The van der Waals surface area contributed by atoms with Crippen LogP contribution in [0.1, 0.15) is 31.7 Å². The van der Waals surface area contributed by atoms with Crippen LogP contribution >= 0.6 is 11.6 Å². The van der Waals surface area contributed by atoms with E-state index in [1.54, 1.807) is 0 Å². The van der Waals surface area contributed by atoms with E-state index in [0.717, 1.165) is 30.6 Å². The quantitative estimate of drug-likeness (QED) is 0.928. The first-order chi connectivity index (χ1) is 10.1. The molecule has 2 N–H and O–H groups in total. The summed E-state index contributed by atoms with van der Waals surface area (Å²) >= 11 is 6.42. The second-order valence-electron chi connectivity index (χ2n) is 6.55. The third kappa shape index (κ3) is 3.36. The van der Waals surface area contributed by atoms with Gasteiger partial charge in [-0.1, -0.05) is 17.7 Å². The standard InChI is InChI=1S/C17H26ClN3/c1-13(19)11-15-16(18)5-4-6-17(15)21-10-7-14(12-21)20-8-2-3-9-20/h4-6,13-14H,2-3,7-12,19H2,1H3. The van der Waals surface area contributed by atoms with Crippen LogP contribution in [0.3, 0.4) is 0 Å². The Morgan fingerprint density at radius 1 is 1.29 bits per heavy atom. The van der Waals surface area contributed by atoms with Crippen LogP contribution in [0.2, 0.25) is 5.02 Å². The summed E-state index contributed by atoms with van der Waals surface area (Å²) in [5.74, 6) is 0. The van der Waals surface area contributed by atoms with Crippen molar-refractivity contribution in [1.82, 2.24) is 4.90 Å². The molecule has 21 heavy (non-hydrogen) atoms. The zero-order valence-electron chi connectivity index (χ0n) is 12.9. The lowest BCUT2D eigenvalue weighted by molar-refractivity contribution is 0.260. The fourth-order valence-corrected chi connectivity index (χ4v) is 3.98. The van der Waals surface area contributed by atoms with E-state index in [4.69, 9.17) is 17.3 Å². The molecule has 0 bridgehead atoms. The van der Waals surface area contributed by atoms with Crippen LogP contribution in [0, 0.1) is 0 Å². The topological polar surface area (TPSA) is 32.5 Å². The molecule has 3 rings (SSSR count). The Morgan fingerprint density at radius 3 is 2.76 bits per heavy atom. The van der Waals surface area contributed by atoms with E-state index in [1.807, 2.05) is 13.0 Å². The van der Waals surface area contributed by atoms with Gasteiger partial charge in [0.15, 0.2) is 0 Å². The van der Waals surface area contributed by atoms with Crippen LogP contribution in [0.4, 0.5) is 5.69 Å². The molecule has 0 spiro atoms. The third-order valence-corrected chi connectivity index (χ3v) is 5.14. The van der Waals surface area contributed by atoms with E-state index < -0.39 is 0 Å². The molecule has 1 aromatic carbocycles. The highest BCUT2D eigenvalue weighted by Gasteiger charge is 2.30. The Kier molecular flexibility index (Phi) is 4.72. The predicted octanol–water partition coefficient (Wildman–Crippen LogP) is 2.90. The molecular weight excluding hydrogens is 282 g/mol. The maximum absolute atomic E-state index is 6.42. The van der Waals surface area contributed by atoms with Crippen molar-refractivity contribution in [2.24, 2.45) is 5.73 Å². The van der Waals surface area contributed by atoms with Gasteiger partial charge >= 0.3 is 0 Å². The van der Waals surface area contributed by atoms with Gasteiger partial charge in [-0.3, -0.25) is 4.90 Å². The molecule has 2 heterocycles. The number of hydrogen-bond acceptors (Lipinski definition) is 3. The van der Waals surface area contributed by atoms with E-state index in [0.29, 0.717) is 0 Å². The van der Waals surface area contributed by atoms with E-state index in [2.05, 4.69) is 21.9 Å². The minimum Gasteiger partial charge on any atom is -0.370 e. The van der Waals surface area contributed by atoms with Gasteiger partial charge in [-0.05, 0) is 63.4 Å². The largest absolute Gasteiger partial charge is 0.370 e. The average Bonchev–Trinajstić information content (AvgIpc) is 3.10. The highest BCUT2D eigenvalue weighted by Crippen LogP contribution is 2.32. The van der Waals surface area contributed by atoms with Crippen molar-refractivity contribution in [3.05, 3.63) is 28.8 Å². The smallest absolute Gasteiger partial charge is 0.0459 e. The van der Waals surface area contributed by atoms with Gasteiger partial charge in [-0.2, -0.15) is 0 Å². The Balaban J connectivity index is 1.76. The number of benzene rings is 1. The molecule has 2 aliphatic heterocycles. The van der Waals surface area contributed by atoms with Gasteiger partial charge in [0.05, 0.1) is 0 Å². The van der Waals surface area contributed by atoms with Crippen LogP contribution in [-0.2, 0) is 6.42 Å². The van der Waals surface area contributed by atoms with E-state index in [-0.39, 0.29) is 6.04 Å². The van der Waals surface area contributed by atoms with Crippen molar-refractivity contribution in [1.29, 1.82) is 0 Å². The molecule has 0 amide bonds. The number of nitrogens with two attached hydrogens (primary N) is 1. The Bertz CT molecular complexity index is 483. The Labute approximate surface area is 133 Å². The maximum atomic E-state index is 6.42. The summed E-state index contributed by atoms with van der Waals surface area (Å²) in [6, 6.07) is 7.11. The van der Waals surface area contributed by atoms with Gasteiger partial charge < -0.3 is 10.6 Å². The molecule has 2 unspecified atom stereocenters. The molecule has 2 saturated heterocycles. The SMILES string of the molecule is CC(N)Cc1c(Cl)cccc1N1CCC(N2CCCC2)C1. The highest BCUT2D eigenvalue weighted by molar-refractivity contribution is 6.31. The number of nitrogens with zero attached hydrogens (tertiary/aromatic N) is 2. The van der Waals surface area contributed by atoms with Crippen molar-refractivity contribution >= 4 is 17.3 Å². The first-order valence-corrected chi connectivity index (χ1v) is 8.55. The summed E-state index contributed by atoms with van der Waals surface area (Å²) in [6.45, 7) is 6.87. The van der Waals surface area contributed by atoms with Gasteiger partial charge in [0.2, 0.25) is 0 Å². The van der Waals surface area contributed by atoms with E-state index in [1.165, 1.54) is 43.6 Å². The molecule has 0 radical (unpaired) electrons. The fraction of sp³-hybridized carbons (Fsp3) is 0.647. The van der Waals surface area contributed by atoms with Gasteiger partial charge in [0.1, 0.15) is 0 Å². The Morgan fingerprint density at radius 2 is 2.05 bits per heavy atom. The van der Waals surface area contributed by atoms with Gasteiger partial charge in [0.25, 0.3) is 0 Å². The van der Waals surface area contributed by atoms with Crippen molar-refractivity contribution in [3.63, 3.8) is 0 Å². The average molecular weight is 308 g/mol. The number of likely N-dealkylation sites (tertiary alicyclic amines) is 1. The number of hydrogen-bond donors (Lipinski definition) is 1. The molecule has 1 aromatic rings. The zero-order chi connectivity index (χ0) is 14.8. The molecule has 0 saturated carbocycles. The van der Waals surface area contributed by atoms with Gasteiger partial charge in [-0.15, -0.1) is 0 Å². The van der Waals surface area contributed by atoms with Crippen molar-refractivity contribution in [2.75, 3.05) is 31.1 Å². The first kappa shape index (κ1) is 15.1. The Hall–Kier alpha value is -0.770. The summed E-state index contributed by atoms with van der Waals surface area (Å²) < 4.78 is 0. The maximum Gasteiger partial charge on any atom is 0.0459 e. The predicted molar refractivity (Wildman–Crippen MR) is 90.2 cm³/mol. The molecular formula is C17H26ClN3. The van der Waals surface area contributed by atoms with Gasteiger partial charge in [-0.25, -0.2) is 0 Å². The minimum atomic E-state index is 0.139. The normalized spacial score (nSPS) is 24.7. The van der Waals surface area contributed by atoms with E-state index >= 15 is 0 Å². The van der Waals surface area contributed by atoms with Crippen LogP contribution in [0.25, 0.3) is 0 Å². The molecule has 3 nitrogen and oxygen atoms in total. The zero-order valence-corrected chi connectivity index (χ0v) is 13.6. The third-order valence-electron chi connectivity index (χ3n) is 4.78. The summed E-state index contributed by atoms with van der Waals surface area (Å²) in [6.07, 6.45) is 4.84. The van der Waals surface area contributed by atoms with Crippen molar-refractivity contribution < 1.29 is 0 Å². The highest BCUT2D eigenvalue weighted by atomic mass is 35.5. The summed E-state index contributed by atoms with van der Waals surface area (Å²) in [4.78, 5) is 5.17. The molecule has 4 heteroatoms. The second kappa shape index (κ2) is 6.55. The van der Waals surface area contributed by atoms with E-state index in [9.17, 15) is 0 Å². The summed E-state index contributed by atoms with van der Waals surface area (Å²) in [5.41, 5.74) is 8.51. The van der Waals surface area contributed by atoms with Crippen molar-refractivity contribution in [3.8, 4) is 0 Å². The van der Waals surface area contributed by atoms with Crippen LogP contribution in [-0.4, -0.2) is 43.2 Å². The van der Waals surface area contributed by atoms with Crippen LogP contribution < -0.4 is 10.6 Å². The summed E-state index contributed by atoms with van der Waals surface area (Å²) in [5, 5.41) is 0.856. The van der Waals surface area contributed by atoms with Gasteiger partial charge in [0, 0.05) is 35.9 Å². The minimum absolute atomic E-state index is 0.139. The fourth-order valence-electron chi connectivity index (χ4n) is 3.73. The summed E-state index contributed by atoms with van der Waals surface area (Å²) in [7, 11) is 0. The number of halogens is 1.